The number of hydroxylamine groups is 2. The van der Waals surface area contributed by atoms with Gasteiger partial charge in [-0.05, 0) is 71.3 Å². The highest BCUT2D eigenvalue weighted by Gasteiger charge is 2.34. The first-order chi connectivity index (χ1) is 17.7. The van der Waals surface area contributed by atoms with Crippen molar-refractivity contribution in [2.24, 2.45) is 11.8 Å². The van der Waals surface area contributed by atoms with Crippen molar-refractivity contribution in [2.45, 2.75) is 123 Å². The topological polar surface area (TPSA) is 94.5 Å². The van der Waals surface area contributed by atoms with Crippen molar-refractivity contribution >= 4 is 29.1 Å². The molecule has 0 radical (unpaired) electrons. The molecule has 216 valence electrons. The minimum absolute atomic E-state index is 0.0856. The molecule has 7 atom stereocenters. The first-order valence-corrected chi connectivity index (χ1v) is 14.1. The predicted octanol–water partition coefficient (Wildman–Crippen LogP) is 5.08. The second-order valence-electron chi connectivity index (χ2n) is 11.5. The second kappa shape index (κ2) is 14.7. The number of carbonyl (C=O) groups is 2. The van der Waals surface area contributed by atoms with Crippen LogP contribution in [0.15, 0.2) is 23.8 Å². The lowest BCUT2D eigenvalue weighted by molar-refractivity contribution is -0.183. The Hall–Kier alpha value is -1.65. The van der Waals surface area contributed by atoms with Crippen LogP contribution in [0, 0.1) is 11.8 Å². The van der Waals surface area contributed by atoms with Crippen molar-refractivity contribution in [1.82, 2.24) is 5.06 Å². The Labute approximate surface area is 233 Å². The number of thiocarbonyl (C=S) groups is 1. The van der Waals surface area contributed by atoms with Gasteiger partial charge in [-0.25, -0.2) is 4.79 Å². The zero-order valence-corrected chi connectivity index (χ0v) is 25.1. The molecule has 0 aromatic rings. The van der Waals surface area contributed by atoms with Crippen LogP contribution in [-0.4, -0.2) is 70.3 Å². The molecule has 2 aliphatic heterocycles. The monoisotopic (exact) mass is 553 g/mol. The van der Waals surface area contributed by atoms with Gasteiger partial charge < -0.3 is 24.2 Å². The molecule has 0 aromatic carbocycles. The van der Waals surface area contributed by atoms with E-state index in [4.69, 9.17) is 31.3 Å². The Morgan fingerprint density at radius 3 is 2.53 bits per heavy atom. The highest BCUT2D eigenvalue weighted by molar-refractivity contribution is 7.80. The molecule has 0 aromatic heterocycles. The highest BCUT2D eigenvalue weighted by Crippen LogP contribution is 2.31. The normalized spacial score (nSPS) is 26.5. The Morgan fingerprint density at radius 1 is 1.26 bits per heavy atom. The van der Waals surface area contributed by atoms with Crippen LogP contribution in [0.5, 0.6) is 0 Å². The molecule has 0 aliphatic carbocycles. The molecule has 0 spiro atoms. The number of aliphatic hydroxyl groups is 1. The zero-order chi connectivity index (χ0) is 28.6. The summed E-state index contributed by atoms with van der Waals surface area (Å²) in [6, 6.07) is 0. The van der Waals surface area contributed by atoms with Crippen LogP contribution in [0.3, 0.4) is 0 Å². The molecule has 38 heavy (non-hydrogen) atoms. The minimum Gasteiger partial charge on any atom is -0.391 e. The number of carbonyl (C=O) groups excluding carboxylic acids is 2. The van der Waals surface area contributed by atoms with Crippen molar-refractivity contribution in [3.8, 4) is 0 Å². The summed E-state index contributed by atoms with van der Waals surface area (Å²) in [6.45, 7) is 14.1. The Balaban J connectivity index is 1.89. The van der Waals surface area contributed by atoms with Gasteiger partial charge in [-0.1, -0.05) is 44.3 Å². The van der Waals surface area contributed by atoms with Gasteiger partial charge in [0.1, 0.15) is 11.1 Å². The third kappa shape index (κ3) is 9.83. The van der Waals surface area contributed by atoms with Gasteiger partial charge in [0.2, 0.25) is 0 Å². The molecule has 2 rings (SSSR count). The first kappa shape index (κ1) is 32.6. The number of amides is 1. The number of aliphatic hydroxyl groups excluding tert-OH is 1. The van der Waals surface area contributed by atoms with Crippen LogP contribution in [0.2, 0.25) is 0 Å². The molecule has 8 nitrogen and oxygen atoms in total. The molecule has 0 saturated carbocycles. The fraction of sp³-hybridized carbons (Fsp3) is 0.759. The van der Waals surface area contributed by atoms with E-state index in [1.807, 2.05) is 13.8 Å². The zero-order valence-electron chi connectivity index (χ0n) is 24.3. The van der Waals surface area contributed by atoms with Gasteiger partial charge in [-0.15, -0.1) is 5.06 Å². The number of nitrogens with zero attached hydrogens (tertiary/aromatic N) is 1. The Kier molecular flexibility index (Phi) is 12.6. The number of hydrogen-bond acceptors (Lipinski definition) is 8. The van der Waals surface area contributed by atoms with E-state index in [0.29, 0.717) is 17.3 Å². The maximum Gasteiger partial charge on any atom is 0.335 e. The predicted molar refractivity (Wildman–Crippen MR) is 150 cm³/mol. The molecular weight excluding hydrogens is 506 g/mol. The van der Waals surface area contributed by atoms with E-state index in [1.54, 1.807) is 14.0 Å². The van der Waals surface area contributed by atoms with Crippen LogP contribution >= 0.6 is 12.2 Å². The molecule has 9 heteroatoms. The van der Waals surface area contributed by atoms with Crippen molar-refractivity contribution < 1.29 is 33.7 Å². The van der Waals surface area contributed by atoms with Crippen molar-refractivity contribution in [2.75, 3.05) is 7.11 Å². The summed E-state index contributed by atoms with van der Waals surface area (Å²) < 4.78 is 17.9. The summed E-state index contributed by atoms with van der Waals surface area (Å²) in [7, 11) is 1.58. The average molecular weight is 554 g/mol. The average Bonchev–Trinajstić information content (AvgIpc) is 3.11. The maximum absolute atomic E-state index is 12.4. The maximum atomic E-state index is 12.4. The van der Waals surface area contributed by atoms with Crippen LogP contribution in [0.1, 0.15) is 87.0 Å². The molecule has 2 aliphatic rings. The Bertz CT molecular complexity index is 868. The van der Waals surface area contributed by atoms with Gasteiger partial charge in [-0.3, -0.25) is 4.79 Å². The number of hydrogen-bond donors (Lipinski definition) is 1. The lowest BCUT2D eigenvalue weighted by Gasteiger charge is -2.35. The standard InChI is InChI=1S/C29H47NO7S/c1-18(17-29(6,7)36-22(5)28(34-8)21(4)31)10-9-11-19(2)27-20(3)12-13-23(35-27)16-26(33)37-30-24(32)14-15-25(30)38/h9-11,18,20-23,27-28,31H,12-17H2,1-8H3/b10-9+,19-11+/t18-,20+,21-,22-,23-,27-,28+/m1/s1. The van der Waals surface area contributed by atoms with E-state index in [9.17, 15) is 14.7 Å². The minimum atomic E-state index is -0.613. The number of methoxy groups -OCH3 is 1. The van der Waals surface area contributed by atoms with Crippen LogP contribution in [0.25, 0.3) is 0 Å². The molecule has 2 heterocycles. The van der Waals surface area contributed by atoms with Gasteiger partial charge >= 0.3 is 5.97 Å². The van der Waals surface area contributed by atoms with Gasteiger partial charge in [0, 0.05) is 20.0 Å². The van der Waals surface area contributed by atoms with E-state index in [2.05, 4.69) is 45.9 Å². The SMILES string of the molecule is CO[C@@H]([C@@H](C)O)[C@@H](C)OC(C)(C)C[C@H](C)/C=C/C=C(\C)[C@H]1O[C@@H](CC(=O)ON2C(=O)CCC2=S)CC[C@@H]1C. The number of rotatable bonds is 13. The fourth-order valence-electron chi connectivity index (χ4n) is 5.43. The van der Waals surface area contributed by atoms with Gasteiger partial charge in [0.15, 0.2) is 0 Å². The van der Waals surface area contributed by atoms with Gasteiger partial charge in [0.25, 0.3) is 5.91 Å². The van der Waals surface area contributed by atoms with E-state index in [1.165, 1.54) is 0 Å². The van der Waals surface area contributed by atoms with Crippen molar-refractivity contribution in [3.05, 3.63) is 23.8 Å². The summed E-state index contributed by atoms with van der Waals surface area (Å²) in [5.41, 5.74) is 0.707. The van der Waals surface area contributed by atoms with E-state index < -0.39 is 12.1 Å². The fourth-order valence-corrected chi connectivity index (χ4v) is 5.67. The summed E-state index contributed by atoms with van der Waals surface area (Å²) in [5, 5.41) is 10.9. The molecule has 0 bridgehead atoms. The van der Waals surface area contributed by atoms with E-state index >= 15 is 0 Å². The third-order valence-corrected chi connectivity index (χ3v) is 7.54. The third-order valence-electron chi connectivity index (χ3n) is 7.17. The molecule has 2 saturated heterocycles. The summed E-state index contributed by atoms with van der Waals surface area (Å²) in [5.74, 6) is -0.183. The Morgan fingerprint density at radius 2 is 1.95 bits per heavy atom. The van der Waals surface area contributed by atoms with Crippen LogP contribution < -0.4 is 0 Å². The van der Waals surface area contributed by atoms with Crippen LogP contribution in [-0.2, 0) is 28.6 Å². The summed E-state index contributed by atoms with van der Waals surface area (Å²) >= 11 is 5.10. The van der Waals surface area contributed by atoms with E-state index in [0.717, 1.165) is 29.9 Å². The lowest BCUT2D eigenvalue weighted by Crippen LogP contribution is -2.42. The summed E-state index contributed by atoms with van der Waals surface area (Å²) in [6.07, 6.45) is 8.01. The molecule has 1 N–H and O–H groups in total. The highest BCUT2D eigenvalue weighted by atomic mass is 32.1. The molecule has 2 fully saturated rings. The van der Waals surface area contributed by atoms with Crippen molar-refractivity contribution in [3.63, 3.8) is 0 Å². The van der Waals surface area contributed by atoms with E-state index in [-0.39, 0.29) is 54.7 Å². The number of ether oxygens (including phenoxy) is 3. The first-order valence-electron chi connectivity index (χ1n) is 13.7. The second-order valence-corrected chi connectivity index (χ2v) is 12.0. The molecule has 0 unspecified atom stereocenters. The largest absolute Gasteiger partial charge is 0.391 e. The molecule has 1 amide bonds. The lowest BCUT2D eigenvalue weighted by atomic mass is 9.88. The van der Waals surface area contributed by atoms with Crippen molar-refractivity contribution in [1.29, 1.82) is 0 Å². The van der Waals surface area contributed by atoms with Crippen LogP contribution in [0.4, 0.5) is 0 Å². The summed E-state index contributed by atoms with van der Waals surface area (Å²) in [4.78, 5) is 29.8. The number of allylic oxidation sites excluding steroid dienone is 3. The molecular formula is C29H47NO7S. The van der Waals surface area contributed by atoms with Gasteiger partial charge in [-0.2, -0.15) is 0 Å². The van der Waals surface area contributed by atoms with Gasteiger partial charge in [0.05, 0.1) is 36.4 Å². The quantitative estimate of drug-likeness (QED) is 0.249. The smallest absolute Gasteiger partial charge is 0.335 e.